The van der Waals surface area contributed by atoms with Gasteiger partial charge in [0.25, 0.3) is 0 Å². The van der Waals surface area contributed by atoms with Crippen LogP contribution in [0.2, 0.25) is 0 Å². The number of benzene rings is 1. The Bertz CT molecular complexity index is 477. The van der Waals surface area contributed by atoms with Crippen LogP contribution >= 0.6 is 27.7 Å². The van der Waals surface area contributed by atoms with Crippen LogP contribution in [0.15, 0.2) is 21.5 Å². The van der Waals surface area contributed by atoms with E-state index in [9.17, 15) is 9.59 Å². The molecule has 0 aromatic heterocycles. The van der Waals surface area contributed by atoms with Gasteiger partial charge in [0.1, 0.15) is 0 Å². The largest absolute Gasteiger partial charge is 0.368 e. The predicted molar refractivity (Wildman–Crippen MR) is 76.5 cm³/mol. The highest BCUT2D eigenvalue weighted by Gasteiger charge is 2.07. The quantitative estimate of drug-likeness (QED) is 0.808. The summed E-state index contributed by atoms with van der Waals surface area (Å²) in [5, 5.41) is 2.45. The first-order valence-electron chi connectivity index (χ1n) is 5.34. The molecular weight excluding hydrogens is 316 g/mol. The second kappa shape index (κ2) is 6.80. The molecule has 0 radical (unpaired) electrons. The lowest BCUT2D eigenvalue weighted by Crippen LogP contribution is -2.34. The second-order valence-electron chi connectivity index (χ2n) is 3.90. The molecule has 2 amide bonds. The molecule has 1 rings (SSSR count). The third kappa shape index (κ3) is 4.70. The van der Waals surface area contributed by atoms with Gasteiger partial charge >= 0.3 is 0 Å². The molecule has 18 heavy (non-hydrogen) atoms. The SMILES string of the molecule is Cc1cc(SCC(=O)NCC(N)=O)c(C)cc1Br. The van der Waals surface area contributed by atoms with Crippen molar-refractivity contribution in [3.05, 3.63) is 27.7 Å². The number of primary amides is 1. The number of thioether (sulfide) groups is 1. The first-order chi connectivity index (χ1) is 8.40. The maximum atomic E-state index is 11.4. The van der Waals surface area contributed by atoms with Crippen molar-refractivity contribution < 1.29 is 9.59 Å². The van der Waals surface area contributed by atoms with Gasteiger partial charge in [-0.3, -0.25) is 9.59 Å². The molecule has 6 heteroatoms. The highest BCUT2D eigenvalue weighted by molar-refractivity contribution is 9.10. The van der Waals surface area contributed by atoms with Gasteiger partial charge in [-0.25, -0.2) is 0 Å². The normalized spacial score (nSPS) is 10.2. The van der Waals surface area contributed by atoms with Gasteiger partial charge in [0.05, 0.1) is 12.3 Å². The van der Waals surface area contributed by atoms with E-state index < -0.39 is 5.91 Å². The van der Waals surface area contributed by atoms with Gasteiger partial charge in [0.15, 0.2) is 0 Å². The Morgan fingerprint density at radius 2 is 2.00 bits per heavy atom. The summed E-state index contributed by atoms with van der Waals surface area (Å²) < 4.78 is 1.06. The molecule has 0 fully saturated rings. The van der Waals surface area contributed by atoms with Crippen molar-refractivity contribution in [1.29, 1.82) is 0 Å². The van der Waals surface area contributed by atoms with Gasteiger partial charge in [-0.05, 0) is 37.1 Å². The smallest absolute Gasteiger partial charge is 0.236 e. The summed E-state index contributed by atoms with van der Waals surface area (Å²) in [6.45, 7) is 3.88. The highest BCUT2D eigenvalue weighted by atomic mass is 79.9. The fourth-order valence-corrected chi connectivity index (χ4v) is 2.68. The molecule has 4 nitrogen and oxygen atoms in total. The molecule has 3 N–H and O–H groups in total. The third-order valence-electron chi connectivity index (χ3n) is 2.27. The molecular formula is C12H15BrN2O2S. The minimum atomic E-state index is -0.538. The Balaban J connectivity index is 2.56. The van der Waals surface area contributed by atoms with E-state index in [1.54, 1.807) is 0 Å². The van der Waals surface area contributed by atoms with Crippen molar-refractivity contribution in [2.45, 2.75) is 18.7 Å². The summed E-state index contributed by atoms with van der Waals surface area (Å²) in [6.07, 6.45) is 0. The Kier molecular flexibility index (Phi) is 5.68. The van der Waals surface area contributed by atoms with Crippen LogP contribution in [0, 0.1) is 13.8 Å². The van der Waals surface area contributed by atoms with Crippen LogP contribution in [0.5, 0.6) is 0 Å². The Labute approximate surface area is 119 Å². The third-order valence-corrected chi connectivity index (χ3v) is 4.29. The van der Waals surface area contributed by atoms with Gasteiger partial charge < -0.3 is 11.1 Å². The molecule has 0 saturated heterocycles. The number of halogens is 1. The zero-order valence-electron chi connectivity index (χ0n) is 10.2. The Morgan fingerprint density at radius 3 is 2.61 bits per heavy atom. The standard InChI is InChI=1S/C12H15BrN2O2S/c1-7-4-10(8(2)3-9(7)13)18-6-12(17)15-5-11(14)16/h3-4H,5-6H2,1-2H3,(H2,14,16)(H,15,17). The fraction of sp³-hybridized carbons (Fsp3) is 0.333. The molecule has 0 spiro atoms. The van der Waals surface area contributed by atoms with E-state index >= 15 is 0 Å². The number of carbonyl (C=O) groups is 2. The number of amides is 2. The maximum Gasteiger partial charge on any atom is 0.236 e. The van der Waals surface area contributed by atoms with Gasteiger partial charge in [0.2, 0.25) is 11.8 Å². The van der Waals surface area contributed by atoms with Crippen molar-refractivity contribution in [1.82, 2.24) is 5.32 Å². The Hall–Kier alpha value is -1.01. The average Bonchev–Trinajstić information content (AvgIpc) is 2.29. The van der Waals surface area contributed by atoms with E-state index in [4.69, 9.17) is 5.73 Å². The topological polar surface area (TPSA) is 72.2 Å². The maximum absolute atomic E-state index is 11.4. The number of carbonyl (C=O) groups excluding carboxylic acids is 2. The lowest BCUT2D eigenvalue weighted by Gasteiger charge is -2.08. The summed E-state index contributed by atoms with van der Waals surface area (Å²) in [6, 6.07) is 4.06. The van der Waals surface area contributed by atoms with Crippen molar-refractivity contribution in [3.63, 3.8) is 0 Å². The summed E-state index contributed by atoms with van der Waals surface area (Å²) in [5.74, 6) is -0.461. The van der Waals surface area contributed by atoms with Crippen molar-refractivity contribution in [2.24, 2.45) is 5.73 Å². The van der Waals surface area contributed by atoms with Crippen molar-refractivity contribution in [2.75, 3.05) is 12.3 Å². The van der Waals surface area contributed by atoms with E-state index in [1.807, 2.05) is 26.0 Å². The fourth-order valence-electron chi connectivity index (χ4n) is 1.29. The molecule has 0 unspecified atom stereocenters. The summed E-state index contributed by atoms with van der Waals surface area (Å²) in [7, 11) is 0. The van der Waals surface area contributed by atoms with Gasteiger partial charge in [-0.1, -0.05) is 15.9 Å². The zero-order valence-corrected chi connectivity index (χ0v) is 12.7. The van der Waals surface area contributed by atoms with Crippen molar-refractivity contribution >= 4 is 39.5 Å². The molecule has 0 aliphatic carbocycles. The minimum Gasteiger partial charge on any atom is -0.368 e. The lowest BCUT2D eigenvalue weighted by molar-refractivity contribution is -0.123. The summed E-state index contributed by atoms with van der Waals surface area (Å²) in [5.41, 5.74) is 7.18. The molecule has 0 saturated carbocycles. The van der Waals surface area contributed by atoms with Crippen LogP contribution in [-0.4, -0.2) is 24.1 Å². The molecule has 0 atom stereocenters. The lowest BCUT2D eigenvalue weighted by atomic mass is 10.2. The molecule has 0 aliphatic heterocycles. The number of nitrogens with one attached hydrogen (secondary N) is 1. The molecule has 0 aliphatic rings. The monoisotopic (exact) mass is 330 g/mol. The van der Waals surface area contributed by atoms with Crippen LogP contribution in [0.25, 0.3) is 0 Å². The molecule has 98 valence electrons. The molecule has 0 heterocycles. The average molecular weight is 331 g/mol. The van der Waals surface area contributed by atoms with Crippen LogP contribution in [0.1, 0.15) is 11.1 Å². The van der Waals surface area contributed by atoms with Gasteiger partial charge in [0, 0.05) is 9.37 Å². The van der Waals surface area contributed by atoms with Gasteiger partial charge in [-0.2, -0.15) is 0 Å². The molecule has 0 bridgehead atoms. The van der Waals surface area contributed by atoms with Crippen LogP contribution in [0.3, 0.4) is 0 Å². The van der Waals surface area contributed by atoms with E-state index in [1.165, 1.54) is 11.8 Å². The number of hydrogen-bond donors (Lipinski definition) is 2. The highest BCUT2D eigenvalue weighted by Crippen LogP contribution is 2.28. The molecule has 1 aromatic rings. The van der Waals surface area contributed by atoms with E-state index in [2.05, 4.69) is 21.2 Å². The number of rotatable bonds is 5. The van der Waals surface area contributed by atoms with E-state index in [-0.39, 0.29) is 18.2 Å². The zero-order chi connectivity index (χ0) is 13.7. The van der Waals surface area contributed by atoms with Crippen LogP contribution < -0.4 is 11.1 Å². The second-order valence-corrected chi connectivity index (χ2v) is 5.77. The van der Waals surface area contributed by atoms with E-state index in [0.717, 1.165) is 20.5 Å². The predicted octanol–water partition coefficient (Wildman–Crippen LogP) is 1.76. The summed E-state index contributed by atoms with van der Waals surface area (Å²) in [4.78, 5) is 23.0. The summed E-state index contributed by atoms with van der Waals surface area (Å²) >= 11 is 4.91. The Morgan fingerprint density at radius 1 is 1.33 bits per heavy atom. The first-order valence-corrected chi connectivity index (χ1v) is 7.12. The van der Waals surface area contributed by atoms with Crippen molar-refractivity contribution in [3.8, 4) is 0 Å². The minimum absolute atomic E-state index is 0.113. The van der Waals surface area contributed by atoms with Crippen LogP contribution in [0.4, 0.5) is 0 Å². The number of nitrogens with two attached hydrogens (primary N) is 1. The first kappa shape index (κ1) is 15.0. The van der Waals surface area contributed by atoms with E-state index in [0.29, 0.717) is 0 Å². The van der Waals surface area contributed by atoms with Gasteiger partial charge in [-0.15, -0.1) is 11.8 Å². The van der Waals surface area contributed by atoms with Crippen LogP contribution in [-0.2, 0) is 9.59 Å². The number of hydrogen-bond acceptors (Lipinski definition) is 3. The number of aryl methyl sites for hydroxylation is 2. The molecule has 1 aromatic carbocycles.